The van der Waals surface area contributed by atoms with Gasteiger partial charge >= 0.3 is 0 Å². The first-order valence-corrected chi connectivity index (χ1v) is 7.34. The Morgan fingerprint density at radius 3 is 2.71 bits per heavy atom. The predicted molar refractivity (Wildman–Crippen MR) is 89.9 cm³/mol. The molecule has 0 fully saturated rings. The zero-order valence-corrected chi connectivity index (χ0v) is 13.6. The van der Waals surface area contributed by atoms with Gasteiger partial charge in [0.05, 0.1) is 0 Å². The first kappa shape index (κ1) is 15.4. The number of nitrogens with zero attached hydrogens (tertiary/aromatic N) is 2. The summed E-state index contributed by atoms with van der Waals surface area (Å²) in [6.07, 6.45) is 0. The van der Waals surface area contributed by atoms with Gasteiger partial charge in [0.2, 0.25) is 0 Å². The van der Waals surface area contributed by atoms with E-state index < -0.39 is 0 Å². The van der Waals surface area contributed by atoms with Gasteiger partial charge in [0, 0.05) is 29.3 Å². The zero-order valence-electron chi connectivity index (χ0n) is 12.0. The summed E-state index contributed by atoms with van der Waals surface area (Å²) < 4.78 is 0.947. The van der Waals surface area contributed by atoms with Gasteiger partial charge in [0.1, 0.15) is 0 Å². The molecule has 0 bridgehead atoms. The van der Waals surface area contributed by atoms with Crippen LogP contribution < -0.4 is 10.6 Å². The van der Waals surface area contributed by atoms with E-state index in [9.17, 15) is 0 Å². The highest BCUT2D eigenvalue weighted by Gasteiger charge is 2.12. The molecule has 3 N–H and O–H groups in total. The molecule has 0 aliphatic heterocycles. The van der Waals surface area contributed by atoms with Crippen molar-refractivity contribution in [1.82, 2.24) is 0 Å². The van der Waals surface area contributed by atoms with Crippen LogP contribution >= 0.6 is 15.9 Å². The number of oxime groups is 1. The Morgan fingerprint density at radius 1 is 1.29 bits per heavy atom. The third-order valence-corrected chi connectivity index (χ3v) is 3.75. The lowest BCUT2D eigenvalue weighted by atomic mass is 10.1. The lowest BCUT2D eigenvalue weighted by molar-refractivity contribution is 0.318. The fraction of sp³-hybridized carbons (Fsp3) is 0.188. The smallest absolute Gasteiger partial charge is 0.172 e. The molecule has 2 rings (SSSR count). The van der Waals surface area contributed by atoms with Crippen molar-refractivity contribution in [1.29, 1.82) is 0 Å². The molecular formula is C16H18BrN3O. The molecule has 0 aromatic heterocycles. The van der Waals surface area contributed by atoms with Gasteiger partial charge < -0.3 is 15.8 Å². The van der Waals surface area contributed by atoms with Crippen molar-refractivity contribution >= 4 is 27.5 Å². The molecule has 21 heavy (non-hydrogen) atoms. The normalized spacial score (nSPS) is 11.5. The summed E-state index contributed by atoms with van der Waals surface area (Å²) in [7, 11) is 1.98. The van der Waals surface area contributed by atoms with Crippen LogP contribution in [0.5, 0.6) is 0 Å². The van der Waals surface area contributed by atoms with Crippen LogP contribution in [0.25, 0.3) is 0 Å². The van der Waals surface area contributed by atoms with Gasteiger partial charge in [-0.3, -0.25) is 0 Å². The summed E-state index contributed by atoms with van der Waals surface area (Å²) in [5.74, 6) is 0.105. The van der Waals surface area contributed by atoms with Gasteiger partial charge in [0.15, 0.2) is 5.84 Å². The molecule has 0 amide bonds. The molecule has 0 atom stereocenters. The molecule has 4 nitrogen and oxygen atoms in total. The van der Waals surface area contributed by atoms with E-state index in [0.29, 0.717) is 5.56 Å². The third kappa shape index (κ3) is 3.76. The Kier molecular flexibility index (Phi) is 4.85. The summed E-state index contributed by atoms with van der Waals surface area (Å²) >= 11 is 3.46. The molecule has 5 heteroatoms. The van der Waals surface area contributed by atoms with E-state index in [2.05, 4.69) is 51.1 Å². The molecule has 2 aromatic rings. The van der Waals surface area contributed by atoms with Crippen molar-refractivity contribution in [2.75, 3.05) is 11.9 Å². The van der Waals surface area contributed by atoms with Gasteiger partial charge in [-0.25, -0.2) is 0 Å². The highest BCUT2D eigenvalue weighted by molar-refractivity contribution is 9.10. The molecule has 0 saturated carbocycles. The van der Waals surface area contributed by atoms with Crippen LogP contribution in [-0.4, -0.2) is 18.1 Å². The number of halogens is 1. The van der Waals surface area contributed by atoms with Crippen LogP contribution in [0, 0.1) is 6.92 Å². The highest BCUT2D eigenvalue weighted by atomic mass is 79.9. The summed E-state index contributed by atoms with van der Waals surface area (Å²) in [6, 6.07) is 14.0. The Balaban J connectivity index is 2.34. The number of hydrogen-bond donors (Lipinski definition) is 2. The van der Waals surface area contributed by atoms with Crippen LogP contribution in [0.15, 0.2) is 52.1 Å². The Hall–Kier alpha value is -2.01. The number of anilines is 1. The van der Waals surface area contributed by atoms with Crippen LogP contribution in [0.3, 0.4) is 0 Å². The number of benzene rings is 2. The van der Waals surface area contributed by atoms with Crippen molar-refractivity contribution in [2.24, 2.45) is 10.9 Å². The minimum atomic E-state index is 0.105. The van der Waals surface area contributed by atoms with Crippen LogP contribution in [0.1, 0.15) is 16.7 Å². The predicted octanol–water partition coefficient (Wildman–Crippen LogP) is 3.49. The van der Waals surface area contributed by atoms with E-state index in [1.165, 1.54) is 11.1 Å². The summed E-state index contributed by atoms with van der Waals surface area (Å²) in [5.41, 5.74) is 9.81. The second kappa shape index (κ2) is 6.63. The molecule has 0 heterocycles. The highest BCUT2D eigenvalue weighted by Crippen LogP contribution is 2.25. The number of hydrogen-bond acceptors (Lipinski definition) is 3. The lowest BCUT2D eigenvalue weighted by Gasteiger charge is -2.22. The molecular weight excluding hydrogens is 330 g/mol. The van der Waals surface area contributed by atoms with Gasteiger partial charge in [-0.05, 0) is 30.7 Å². The second-order valence-electron chi connectivity index (χ2n) is 4.99. The lowest BCUT2D eigenvalue weighted by Crippen LogP contribution is -2.22. The van der Waals surface area contributed by atoms with E-state index in [1.54, 1.807) is 0 Å². The SMILES string of the molecule is Cc1cccc(CN(C)c2cc(Br)ccc2/C(N)=N/O)c1. The number of aryl methyl sites for hydroxylation is 1. The van der Waals surface area contributed by atoms with Crippen LogP contribution in [-0.2, 0) is 6.54 Å². The molecule has 110 valence electrons. The van der Waals surface area contributed by atoms with Crippen molar-refractivity contribution in [3.63, 3.8) is 0 Å². The maximum absolute atomic E-state index is 8.92. The molecule has 0 radical (unpaired) electrons. The first-order chi connectivity index (χ1) is 10.0. The van der Waals surface area contributed by atoms with E-state index in [4.69, 9.17) is 10.9 Å². The number of amidine groups is 1. The topological polar surface area (TPSA) is 61.8 Å². The molecule has 0 aliphatic rings. The first-order valence-electron chi connectivity index (χ1n) is 6.55. The minimum absolute atomic E-state index is 0.105. The van der Waals surface area contributed by atoms with Crippen LogP contribution in [0.4, 0.5) is 5.69 Å². The van der Waals surface area contributed by atoms with Crippen molar-refractivity contribution in [3.05, 3.63) is 63.6 Å². The summed E-state index contributed by atoms with van der Waals surface area (Å²) in [6.45, 7) is 2.81. The van der Waals surface area contributed by atoms with Gasteiger partial charge in [-0.1, -0.05) is 50.9 Å². The van der Waals surface area contributed by atoms with Crippen LogP contribution in [0.2, 0.25) is 0 Å². The van der Waals surface area contributed by atoms with Gasteiger partial charge in [-0.15, -0.1) is 0 Å². The summed E-state index contributed by atoms with van der Waals surface area (Å²) in [5, 5.41) is 12.0. The zero-order chi connectivity index (χ0) is 15.4. The standard InChI is InChI=1S/C16H18BrN3O/c1-11-4-3-5-12(8-11)10-20(2)15-9-13(17)6-7-14(15)16(18)19-21/h3-9,21H,10H2,1-2H3,(H2,18,19). The molecule has 0 unspecified atom stereocenters. The van der Waals surface area contributed by atoms with Crippen molar-refractivity contribution in [2.45, 2.75) is 13.5 Å². The van der Waals surface area contributed by atoms with E-state index in [0.717, 1.165) is 16.7 Å². The Labute approximate surface area is 133 Å². The van der Waals surface area contributed by atoms with E-state index in [1.807, 2.05) is 31.3 Å². The Bertz CT molecular complexity index is 670. The van der Waals surface area contributed by atoms with Gasteiger partial charge in [0.25, 0.3) is 0 Å². The van der Waals surface area contributed by atoms with Crippen molar-refractivity contribution < 1.29 is 5.21 Å². The van der Waals surface area contributed by atoms with E-state index >= 15 is 0 Å². The fourth-order valence-electron chi connectivity index (χ4n) is 2.26. The maximum atomic E-state index is 8.92. The third-order valence-electron chi connectivity index (χ3n) is 3.26. The average molecular weight is 348 g/mol. The number of nitrogens with two attached hydrogens (primary N) is 1. The van der Waals surface area contributed by atoms with E-state index in [-0.39, 0.29) is 5.84 Å². The monoisotopic (exact) mass is 347 g/mol. The average Bonchev–Trinajstić information content (AvgIpc) is 2.46. The fourth-order valence-corrected chi connectivity index (χ4v) is 2.61. The van der Waals surface area contributed by atoms with Crippen molar-refractivity contribution in [3.8, 4) is 0 Å². The second-order valence-corrected chi connectivity index (χ2v) is 5.91. The minimum Gasteiger partial charge on any atom is -0.409 e. The van der Waals surface area contributed by atoms with Gasteiger partial charge in [-0.2, -0.15) is 0 Å². The molecule has 0 saturated heterocycles. The summed E-state index contributed by atoms with van der Waals surface area (Å²) in [4.78, 5) is 2.08. The molecule has 0 aliphatic carbocycles. The molecule has 0 spiro atoms. The maximum Gasteiger partial charge on any atom is 0.172 e. The largest absolute Gasteiger partial charge is 0.409 e. The molecule has 2 aromatic carbocycles. The number of rotatable bonds is 4. The Morgan fingerprint density at radius 2 is 2.05 bits per heavy atom. The quantitative estimate of drug-likeness (QED) is 0.385.